The highest BCUT2D eigenvalue weighted by molar-refractivity contribution is 5.96. The van der Waals surface area contributed by atoms with E-state index in [1.54, 1.807) is 6.92 Å². The number of carbonyl (C=O) groups is 2. The van der Waals surface area contributed by atoms with Crippen molar-refractivity contribution in [2.24, 2.45) is 0 Å². The SMILES string of the molecule is CC[C@H](C)NC(=O)COC(=O)c1cc(OC)c(OC)cc1[N+](=O)[O-]. The van der Waals surface area contributed by atoms with E-state index < -0.39 is 29.1 Å². The summed E-state index contributed by atoms with van der Waals surface area (Å²) in [6.45, 7) is 3.16. The minimum atomic E-state index is -0.998. The first kappa shape index (κ1) is 19.2. The van der Waals surface area contributed by atoms with Gasteiger partial charge in [0.25, 0.3) is 11.6 Å². The Hall–Kier alpha value is -2.84. The Balaban J connectivity index is 2.96. The van der Waals surface area contributed by atoms with Crippen LogP contribution in [0.25, 0.3) is 0 Å². The standard InChI is InChI=1S/C15H20N2O7/c1-5-9(2)16-14(18)8-24-15(19)10-6-12(22-3)13(23-4)7-11(10)17(20)21/h6-7,9H,5,8H2,1-4H3,(H,16,18)/t9-/m0/s1. The molecule has 0 saturated carbocycles. The maximum Gasteiger partial charge on any atom is 0.345 e. The summed E-state index contributed by atoms with van der Waals surface area (Å²) in [5, 5.41) is 13.8. The number of benzene rings is 1. The van der Waals surface area contributed by atoms with E-state index in [4.69, 9.17) is 14.2 Å². The lowest BCUT2D eigenvalue weighted by molar-refractivity contribution is -0.385. The quantitative estimate of drug-likeness (QED) is 0.434. The van der Waals surface area contributed by atoms with E-state index in [1.165, 1.54) is 14.2 Å². The van der Waals surface area contributed by atoms with Crippen molar-refractivity contribution < 1.29 is 28.7 Å². The molecular formula is C15H20N2O7. The number of esters is 1. The smallest absolute Gasteiger partial charge is 0.345 e. The van der Waals surface area contributed by atoms with Crippen molar-refractivity contribution in [2.75, 3.05) is 20.8 Å². The van der Waals surface area contributed by atoms with Crippen LogP contribution in [-0.4, -0.2) is 43.7 Å². The lowest BCUT2D eigenvalue weighted by atomic mass is 10.1. The van der Waals surface area contributed by atoms with Gasteiger partial charge in [0.15, 0.2) is 18.1 Å². The molecule has 9 nitrogen and oxygen atoms in total. The molecule has 1 amide bonds. The molecule has 0 aromatic heterocycles. The van der Waals surface area contributed by atoms with Gasteiger partial charge in [0.2, 0.25) is 0 Å². The van der Waals surface area contributed by atoms with Gasteiger partial charge in [0.05, 0.1) is 25.2 Å². The lowest BCUT2D eigenvalue weighted by Gasteiger charge is -2.12. The third-order valence-electron chi connectivity index (χ3n) is 3.27. The Morgan fingerprint density at radius 2 is 1.83 bits per heavy atom. The summed E-state index contributed by atoms with van der Waals surface area (Å²) in [7, 11) is 2.65. The van der Waals surface area contributed by atoms with Gasteiger partial charge in [0.1, 0.15) is 5.56 Å². The molecule has 1 aromatic carbocycles. The molecule has 0 radical (unpaired) electrons. The monoisotopic (exact) mass is 340 g/mol. The first-order valence-electron chi connectivity index (χ1n) is 7.20. The molecule has 0 aliphatic heterocycles. The summed E-state index contributed by atoms with van der Waals surface area (Å²) in [6.07, 6.45) is 0.723. The van der Waals surface area contributed by atoms with Gasteiger partial charge < -0.3 is 19.5 Å². The van der Waals surface area contributed by atoms with E-state index in [2.05, 4.69) is 5.32 Å². The van der Waals surface area contributed by atoms with Crippen LogP contribution in [0.15, 0.2) is 12.1 Å². The highest BCUT2D eigenvalue weighted by Crippen LogP contribution is 2.34. The lowest BCUT2D eigenvalue weighted by Crippen LogP contribution is -2.35. The zero-order valence-corrected chi connectivity index (χ0v) is 14.0. The van der Waals surface area contributed by atoms with E-state index in [1.807, 2.05) is 6.92 Å². The number of rotatable bonds is 8. The van der Waals surface area contributed by atoms with Crippen LogP contribution >= 0.6 is 0 Å². The van der Waals surface area contributed by atoms with Crippen LogP contribution in [0.1, 0.15) is 30.6 Å². The van der Waals surface area contributed by atoms with E-state index in [9.17, 15) is 19.7 Å². The molecule has 0 fully saturated rings. The van der Waals surface area contributed by atoms with Gasteiger partial charge in [-0.25, -0.2) is 4.79 Å². The molecule has 9 heteroatoms. The van der Waals surface area contributed by atoms with Gasteiger partial charge in [-0.2, -0.15) is 0 Å². The van der Waals surface area contributed by atoms with E-state index in [-0.39, 0.29) is 23.1 Å². The fraction of sp³-hybridized carbons (Fsp3) is 0.467. The number of nitrogens with zero attached hydrogens (tertiary/aromatic N) is 1. The maximum atomic E-state index is 12.1. The number of ether oxygens (including phenoxy) is 3. The average molecular weight is 340 g/mol. The Morgan fingerprint density at radius 1 is 1.25 bits per heavy atom. The second kappa shape index (κ2) is 8.70. The van der Waals surface area contributed by atoms with Crippen molar-refractivity contribution in [1.29, 1.82) is 0 Å². The van der Waals surface area contributed by atoms with Crippen LogP contribution in [0.4, 0.5) is 5.69 Å². The Labute approximate surface area is 139 Å². The third-order valence-corrected chi connectivity index (χ3v) is 3.27. The molecule has 0 heterocycles. The summed E-state index contributed by atoms with van der Waals surface area (Å²) in [6, 6.07) is 2.15. The van der Waals surface area contributed by atoms with Gasteiger partial charge in [-0.3, -0.25) is 14.9 Å². The predicted molar refractivity (Wildman–Crippen MR) is 84.4 cm³/mol. The van der Waals surface area contributed by atoms with Gasteiger partial charge >= 0.3 is 5.97 Å². The second-order valence-corrected chi connectivity index (χ2v) is 4.93. The third kappa shape index (κ3) is 4.83. The highest BCUT2D eigenvalue weighted by atomic mass is 16.6. The largest absolute Gasteiger partial charge is 0.493 e. The average Bonchev–Trinajstić information content (AvgIpc) is 2.57. The van der Waals surface area contributed by atoms with Crippen LogP contribution in [0, 0.1) is 10.1 Å². The zero-order chi connectivity index (χ0) is 18.3. The summed E-state index contributed by atoms with van der Waals surface area (Å²) in [4.78, 5) is 34.1. The fourth-order valence-electron chi connectivity index (χ4n) is 1.81. The van der Waals surface area contributed by atoms with Crippen molar-refractivity contribution in [1.82, 2.24) is 5.32 Å². The number of nitrogens with one attached hydrogen (secondary N) is 1. The molecule has 1 atom stereocenters. The minimum Gasteiger partial charge on any atom is -0.493 e. The Bertz CT molecular complexity index is 630. The minimum absolute atomic E-state index is 0.0633. The van der Waals surface area contributed by atoms with Crippen LogP contribution < -0.4 is 14.8 Å². The molecule has 24 heavy (non-hydrogen) atoms. The van der Waals surface area contributed by atoms with Crippen molar-refractivity contribution in [3.05, 3.63) is 27.8 Å². The highest BCUT2D eigenvalue weighted by Gasteiger charge is 2.26. The number of carbonyl (C=O) groups excluding carboxylic acids is 2. The molecule has 132 valence electrons. The normalized spacial score (nSPS) is 11.3. The van der Waals surface area contributed by atoms with Crippen molar-refractivity contribution >= 4 is 17.6 Å². The number of nitro benzene ring substituents is 1. The molecule has 0 saturated heterocycles. The van der Waals surface area contributed by atoms with Gasteiger partial charge in [0, 0.05) is 12.1 Å². The molecule has 0 aliphatic rings. The van der Waals surface area contributed by atoms with Crippen molar-refractivity contribution in [2.45, 2.75) is 26.3 Å². The first-order valence-corrected chi connectivity index (χ1v) is 7.20. The number of hydrogen-bond acceptors (Lipinski definition) is 7. The van der Waals surface area contributed by atoms with Crippen LogP contribution in [0.2, 0.25) is 0 Å². The Kier molecular flexibility index (Phi) is 6.97. The number of methoxy groups -OCH3 is 2. The molecular weight excluding hydrogens is 320 g/mol. The van der Waals surface area contributed by atoms with E-state index >= 15 is 0 Å². The molecule has 0 unspecified atom stereocenters. The maximum absolute atomic E-state index is 12.1. The molecule has 1 N–H and O–H groups in total. The summed E-state index contributed by atoms with van der Waals surface area (Å²) >= 11 is 0. The van der Waals surface area contributed by atoms with Crippen molar-refractivity contribution in [3.8, 4) is 11.5 Å². The number of amides is 1. The zero-order valence-electron chi connectivity index (χ0n) is 14.0. The summed E-state index contributed by atoms with van der Waals surface area (Å²) in [5.74, 6) is -1.24. The van der Waals surface area contributed by atoms with Gasteiger partial charge in [-0.05, 0) is 13.3 Å². The fourth-order valence-corrected chi connectivity index (χ4v) is 1.81. The second-order valence-electron chi connectivity index (χ2n) is 4.93. The van der Waals surface area contributed by atoms with Crippen LogP contribution in [-0.2, 0) is 9.53 Å². The molecule has 0 aliphatic carbocycles. The molecule has 0 spiro atoms. The summed E-state index contributed by atoms with van der Waals surface area (Å²) < 4.78 is 14.8. The van der Waals surface area contributed by atoms with Gasteiger partial charge in [-0.1, -0.05) is 6.92 Å². The predicted octanol–water partition coefficient (Wildman–Crippen LogP) is 1.68. The topological polar surface area (TPSA) is 117 Å². The van der Waals surface area contributed by atoms with Crippen molar-refractivity contribution in [3.63, 3.8) is 0 Å². The number of hydrogen-bond donors (Lipinski definition) is 1. The van der Waals surface area contributed by atoms with Gasteiger partial charge in [-0.15, -0.1) is 0 Å². The van der Waals surface area contributed by atoms with E-state index in [0.717, 1.165) is 18.6 Å². The molecule has 1 aromatic rings. The first-order chi connectivity index (χ1) is 11.3. The number of nitro groups is 1. The summed E-state index contributed by atoms with van der Waals surface area (Å²) in [5.41, 5.74) is -0.825. The Morgan fingerprint density at radius 3 is 2.33 bits per heavy atom. The molecule has 1 rings (SSSR count). The molecule has 0 bridgehead atoms. The van der Waals surface area contributed by atoms with Crippen LogP contribution in [0.5, 0.6) is 11.5 Å². The van der Waals surface area contributed by atoms with Crippen LogP contribution in [0.3, 0.4) is 0 Å². The van der Waals surface area contributed by atoms with E-state index in [0.29, 0.717) is 0 Å².